The molecule has 0 saturated heterocycles. The summed E-state index contributed by atoms with van der Waals surface area (Å²) in [5.74, 6) is 0.209. The lowest BCUT2D eigenvalue weighted by atomic mass is 9.95. The third-order valence-corrected chi connectivity index (χ3v) is 4.03. The van der Waals surface area contributed by atoms with Crippen molar-refractivity contribution < 1.29 is 13.9 Å². The molecule has 2 rings (SSSR count). The van der Waals surface area contributed by atoms with Gasteiger partial charge in [-0.25, -0.2) is 4.39 Å². The summed E-state index contributed by atoms with van der Waals surface area (Å²) in [7, 11) is 1.37. The Kier molecular flexibility index (Phi) is 8.44. The SMILES string of the molecule is CCNC(=NCC1(c2ccccc2F)CC1)NCCC(=O)OC.I. The maximum atomic E-state index is 14.0. The van der Waals surface area contributed by atoms with Crippen molar-refractivity contribution in [2.24, 2.45) is 4.99 Å². The molecule has 0 aliphatic heterocycles. The summed E-state index contributed by atoms with van der Waals surface area (Å²) in [5.41, 5.74) is 0.560. The Balaban J connectivity index is 0.00000288. The van der Waals surface area contributed by atoms with Gasteiger partial charge in [-0.2, -0.15) is 0 Å². The number of methoxy groups -OCH3 is 1. The number of hydrogen-bond acceptors (Lipinski definition) is 3. The molecule has 0 spiro atoms. The van der Waals surface area contributed by atoms with Crippen LogP contribution in [0.2, 0.25) is 0 Å². The van der Waals surface area contributed by atoms with Gasteiger partial charge in [0, 0.05) is 18.5 Å². The molecule has 134 valence electrons. The van der Waals surface area contributed by atoms with E-state index < -0.39 is 0 Å². The summed E-state index contributed by atoms with van der Waals surface area (Å²) in [4.78, 5) is 15.7. The maximum Gasteiger partial charge on any atom is 0.307 e. The summed E-state index contributed by atoms with van der Waals surface area (Å²) in [5, 5.41) is 6.23. The minimum absolute atomic E-state index is 0. The molecule has 1 fully saturated rings. The predicted octanol–water partition coefficient (Wildman–Crippen LogP) is 2.59. The number of carbonyl (C=O) groups is 1. The second-order valence-electron chi connectivity index (χ2n) is 5.71. The quantitative estimate of drug-likeness (QED) is 0.291. The van der Waals surface area contributed by atoms with Crippen molar-refractivity contribution in [3.8, 4) is 0 Å². The van der Waals surface area contributed by atoms with E-state index in [9.17, 15) is 9.18 Å². The van der Waals surface area contributed by atoms with Gasteiger partial charge in [-0.3, -0.25) is 9.79 Å². The van der Waals surface area contributed by atoms with Crippen LogP contribution in [-0.4, -0.2) is 38.7 Å². The van der Waals surface area contributed by atoms with E-state index in [2.05, 4.69) is 20.4 Å². The highest BCUT2D eigenvalue weighted by molar-refractivity contribution is 14.0. The molecule has 1 aromatic carbocycles. The predicted molar refractivity (Wildman–Crippen MR) is 103 cm³/mol. The van der Waals surface area contributed by atoms with Crippen molar-refractivity contribution in [1.82, 2.24) is 10.6 Å². The largest absolute Gasteiger partial charge is 0.469 e. The monoisotopic (exact) mass is 449 g/mol. The van der Waals surface area contributed by atoms with Crippen molar-refractivity contribution in [2.45, 2.75) is 31.6 Å². The summed E-state index contributed by atoms with van der Waals surface area (Å²) in [6.07, 6.45) is 2.16. The second-order valence-corrected chi connectivity index (χ2v) is 5.71. The van der Waals surface area contributed by atoms with Crippen LogP contribution in [0.1, 0.15) is 31.7 Å². The molecule has 2 N–H and O–H groups in total. The number of guanidine groups is 1. The van der Waals surface area contributed by atoms with E-state index in [1.807, 2.05) is 19.1 Å². The molecule has 1 aromatic rings. The van der Waals surface area contributed by atoms with Gasteiger partial charge in [0.1, 0.15) is 5.82 Å². The first-order chi connectivity index (χ1) is 11.1. The number of halogens is 2. The number of benzene rings is 1. The zero-order valence-electron chi connectivity index (χ0n) is 14.1. The summed E-state index contributed by atoms with van der Waals surface area (Å²) >= 11 is 0. The van der Waals surface area contributed by atoms with E-state index in [0.717, 1.165) is 24.9 Å². The molecule has 1 aliphatic rings. The van der Waals surface area contributed by atoms with Crippen LogP contribution >= 0.6 is 24.0 Å². The molecule has 0 atom stereocenters. The van der Waals surface area contributed by atoms with Gasteiger partial charge < -0.3 is 15.4 Å². The number of hydrogen-bond donors (Lipinski definition) is 2. The molecular weight excluding hydrogens is 424 g/mol. The van der Waals surface area contributed by atoms with Gasteiger partial charge in [-0.05, 0) is 31.4 Å². The highest BCUT2D eigenvalue weighted by atomic mass is 127. The summed E-state index contributed by atoms with van der Waals surface area (Å²) < 4.78 is 18.6. The molecule has 0 heterocycles. The molecule has 0 unspecified atom stereocenters. The van der Waals surface area contributed by atoms with Crippen LogP contribution in [0.15, 0.2) is 29.3 Å². The zero-order valence-corrected chi connectivity index (χ0v) is 16.4. The molecule has 1 saturated carbocycles. The fourth-order valence-corrected chi connectivity index (χ4v) is 2.51. The third-order valence-electron chi connectivity index (χ3n) is 4.03. The highest BCUT2D eigenvalue weighted by Crippen LogP contribution is 2.49. The Hall–Kier alpha value is -1.38. The first kappa shape index (κ1) is 20.7. The normalized spacial score (nSPS) is 15.2. The molecule has 5 nitrogen and oxygen atoms in total. The molecular formula is C17H25FIN3O2. The molecule has 0 radical (unpaired) electrons. The Morgan fingerprint density at radius 2 is 2.04 bits per heavy atom. The van der Waals surface area contributed by atoms with Crippen molar-refractivity contribution >= 4 is 35.9 Å². The van der Waals surface area contributed by atoms with Crippen molar-refractivity contribution in [2.75, 3.05) is 26.7 Å². The van der Waals surface area contributed by atoms with Gasteiger partial charge in [0.15, 0.2) is 5.96 Å². The topological polar surface area (TPSA) is 62.7 Å². The Morgan fingerprint density at radius 3 is 2.62 bits per heavy atom. The average Bonchev–Trinajstić information content (AvgIpc) is 3.33. The van der Waals surface area contributed by atoms with Gasteiger partial charge in [0.05, 0.1) is 20.1 Å². The van der Waals surface area contributed by atoms with Crippen LogP contribution in [0.4, 0.5) is 4.39 Å². The van der Waals surface area contributed by atoms with Crippen LogP contribution in [0.5, 0.6) is 0 Å². The Bertz CT molecular complexity index is 577. The van der Waals surface area contributed by atoms with E-state index in [1.54, 1.807) is 6.07 Å². The van der Waals surface area contributed by atoms with E-state index in [-0.39, 0.29) is 47.6 Å². The number of esters is 1. The highest BCUT2D eigenvalue weighted by Gasteiger charge is 2.45. The van der Waals surface area contributed by atoms with Crippen LogP contribution in [-0.2, 0) is 14.9 Å². The lowest BCUT2D eigenvalue weighted by molar-refractivity contribution is -0.140. The molecule has 0 aromatic heterocycles. The van der Waals surface area contributed by atoms with Crippen molar-refractivity contribution in [1.29, 1.82) is 0 Å². The number of nitrogens with zero attached hydrogens (tertiary/aromatic N) is 1. The molecule has 0 bridgehead atoms. The van der Waals surface area contributed by atoms with Gasteiger partial charge >= 0.3 is 5.97 Å². The zero-order chi connectivity index (χ0) is 16.7. The molecule has 1 aliphatic carbocycles. The Morgan fingerprint density at radius 1 is 1.33 bits per heavy atom. The first-order valence-electron chi connectivity index (χ1n) is 7.95. The smallest absolute Gasteiger partial charge is 0.307 e. The van der Waals surface area contributed by atoms with Gasteiger partial charge in [0.2, 0.25) is 0 Å². The van der Waals surface area contributed by atoms with E-state index in [0.29, 0.717) is 19.0 Å². The molecule has 24 heavy (non-hydrogen) atoms. The van der Waals surface area contributed by atoms with Gasteiger partial charge in [0.25, 0.3) is 0 Å². The fraction of sp³-hybridized carbons (Fsp3) is 0.529. The average molecular weight is 449 g/mol. The molecule has 7 heteroatoms. The van der Waals surface area contributed by atoms with E-state index >= 15 is 0 Å². The summed E-state index contributed by atoms with van der Waals surface area (Å²) in [6, 6.07) is 6.91. The van der Waals surface area contributed by atoms with Crippen LogP contribution in [0.25, 0.3) is 0 Å². The molecule has 0 amide bonds. The number of nitrogens with one attached hydrogen (secondary N) is 2. The minimum atomic E-state index is -0.265. The Labute approximate surface area is 159 Å². The maximum absolute atomic E-state index is 14.0. The number of aliphatic imine (C=N–C) groups is 1. The first-order valence-corrected chi connectivity index (χ1v) is 7.95. The summed E-state index contributed by atoms with van der Waals surface area (Å²) in [6.45, 7) is 3.67. The van der Waals surface area contributed by atoms with E-state index in [1.165, 1.54) is 13.2 Å². The fourth-order valence-electron chi connectivity index (χ4n) is 2.51. The van der Waals surface area contributed by atoms with Gasteiger partial charge in [-0.1, -0.05) is 18.2 Å². The van der Waals surface area contributed by atoms with E-state index in [4.69, 9.17) is 0 Å². The van der Waals surface area contributed by atoms with Crippen LogP contribution < -0.4 is 10.6 Å². The van der Waals surface area contributed by atoms with Crippen LogP contribution in [0, 0.1) is 5.82 Å². The van der Waals surface area contributed by atoms with Crippen molar-refractivity contribution in [3.63, 3.8) is 0 Å². The van der Waals surface area contributed by atoms with Gasteiger partial charge in [-0.15, -0.1) is 24.0 Å². The number of carbonyl (C=O) groups excluding carboxylic acids is 1. The second kappa shape index (κ2) is 9.80. The lowest BCUT2D eigenvalue weighted by Crippen LogP contribution is -2.39. The number of ether oxygens (including phenoxy) is 1. The number of rotatable bonds is 7. The van der Waals surface area contributed by atoms with Crippen molar-refractivity contribution in [3.05, 3.63) is 35.6 Å². The minimum Gasteiger partial charge on any atom is -0.469 e. The standard InChI is InChI=1S/C17H24FN3O2.HI/c1-3-19-16(20-11-8-15(22)23-2)21-12-17(9-10-17)13-6-4-5-7-14(13)18;/h4-7H,3,8-12H2,1-2H3,(H2,19,20,21);1H. The lowest BCUT2D eigenvalue weighted by Gasteiger charge is -2.16. The third kappa shape index (κ3) is 5.61. The van der Waals surface area contributed by atoms with Crippen LogP contribution in [0.3, 0.4) is 0 Å².